The van der Waals surface area contributed by atoms with E-state index in [4.69, 9.17) is 5.11 Å². The van der Waals surface area contributed by atoms with E-state index in [9.17, 15) is 4.79 Å². The van der Waals surface area contributed by atoms with Crippen LogP contribution in [0.5, 0.6) is 0 Å². The molecule has 1 N–H and O–H groups in total. The van der Waals surface area contributed by atoms with Gasteiger partial charge in [-0.15, -0.1) is 0 Å². The van der Waals surface area contributed by atoms with Crippen molar-refractivity contribution in [1.82, 2.24) is 9.97 Å². The maximum atomic E-state index is 11.1. The summed E-state index contributed by atoms with van der Waals surface area (Å²) in [4.78, 5) is 21.0. The van der Waals surface area contributed by atoms with Gasteiger partial charge in [0.25, 0.3) is 0 Å². The van der Waals surface area contributed by atoms with Gasteiger partial charge in [0.05, 0.1) is 5.56 Å². The SMILES string of the molecule is O=C(O)c1ncnc2c1C=CC1=CC=CCN12. The molecule has 1 aromatic rings. The summed E-state index contributed by atoms with van der Waals surface area (Å²) in [7, 11) is 0. The Bertz CT molecular complexity index is 587. The molecule has 0 radical (unpaired) electrons. The van der Waals surface area contributed by atoms with E-state index >= 15 is 0 Å². The third kappa shape index (κ3) is 1.44. The van der Waals surface area contributed by atoms with Crippen LogP contribution in [0.25, 0.3) is 6.08 Å². The highest BCUT2D eigenvalue weighted by Crippen LogP contribution is 2.31. The van der Waals surface area contributed by atoms with Gasteiger partial charge in [-0.05, 0) is 18.2 Å². The number of rotatable bonds is 1. The van der Waals surface area contributed by atoms with Crippen LogP contribution >= 0.6 is 0 Å². The average Bonchev–Trinajstić information content (AvgIpc) is 2.37. The Morgan fingerprint density at radius 3 is 3.06 bits per heavy atom. The normalized spacial score (nSPS) is 16.2. The summed E-state index contributed by atoms with van der Waals surface area (Å²) in [5.41, 5.74) is 1.61. The first kappa shape index (κ1) is 9.77. The van der Waals surface area contributed by atoms with Gasteiger partial charge < -0.3 is 10.0 Å². The van der Waals surface area contributed by atoms with Gasteiger partial charge in [-0.3, -0.25) is 0 Å². The number of allylic oxidation sites excluding steroid dienone is 3. The lowest BCUT2D eigenvalue weighted by atomic mass is 10.1. The summed E-state index contributed by atoms with van der Waals surface area (Å²) >= 11 is 0. The molecule has 5 heteroatoms. The minimum atomic E-state index is -1.03. The third-order valence-electron chi connectivity index (χ3n) is 2.74. The van der Waals surface area contributed by atoms with E-state index in [-0.39, 0.29) is 5.69 Å². The zero-order valence-corrected chi connectivity index (χ0v) is 8.87. The van der Waals surface area contributed by atoms with Crippen LogP contribution < -0.4 is 4.90 Å². The number of nitrogens with zero attached hydrogens (tertiary/aromatic N) is 3. The van der Waals surface area contributed by atoms with Gasteiger partial charge in [0, 0.05) is 12.2 Å². The standard InChI is InChI=1S/C12H9N3O2/c16-12(17)10-9-5-4-8-3-1-2-6-15(8)11(9)14-7-13-10/h1-5,7H,6H2,(H,16,17). The molecule has 84 valence electrons. The number of carboxylic acid groups (broad SMARTS) is 1. The molecule has 17 heavy (non-hydrogen) atoms. The maximum Gasteiger partial charge on any atom is 0.355 e. The Kier molecular flexibility index (Phi) is 2.04. The van der Waals surface area contributed by atoms with Crippen molar-refractivity contribution in [2.75, 3.05) is 11.4 Å². The molecule has 1 aromatic heterocycles. The lowest BCUT2D eigenvalue weighted by Gasteiger charge is -2.29. The molecule has 0 aromatic carbocycles. The van der Waals surface area contributed by atoms with Crippen LogP contribution in [0.2, 0.25) is 0 Å². The Morgan fingerprint density at radius 1 is 1.35 bits per heavy atom. The molecule has 0 unspecified atom stereocenters. The number of aromatic carboxylic acids is 1. The van der Waals surface area contributed by atoms with Crippen molar-refractivity contribution in [2.45, 2.75) is 0 Å². The molecule has 3 heterocycles. The fourth-order valence-corrected chi connectivity index (χ4v) is 1.98. The highest BCUT2D eigenvalue weighted by atomic mass is 16.4. The molecular weight excluding hydrogens is 218 g/mol. The Hall–Kier alpha value is -2.43. The molecule has 2 aliphatic rings. The molecule has 0 bridgehead atoms. The summed E-state index contributed by atoms with van der Waals surface area (Å²) in [6, 6.07) is 0. The summed E-state index contributed by atoms with van der Waals surface area (Å²) in [5, 5.41) is 9.07. The van der Waals surface area contributed by atoms with E-state index in [1.165, 1.54) is 6.33 Å². The molecule has 0 saturated heterocycles. The van der Waals surface area contributed by atoms with Crippen molar-refractivity contribution in [2.24, 2.45) is 0 Å². The van der Waals surface area contributed by atoms with Crippen LogP contribution in [0, 0.1) is 0 Å². The second-order valence-electron chi connectivity index (χ2n) is 3.73. The average molecular weight is 227 g/mol. The molecule has 2 aliphatic heterocycles. The van der Waals surface area contributed by atoms with Gasteiger partial charge >= 0.3 is 5.97 Å². The van der Waals surface area contributed by atoms with Gasteiger partial charge in [0.1, 0.15) is 12.1 Å². The highest BCUT2D eigenvalue weighted by molar-refractivity contribution is 5.93. The summed E-state index contributed by atoms with van der Waals surface area (Å²) in [6.07, 6.45) is 10.8. The third-order valence-corrected chi connectivity index (χ3v) is 2.74. The first-order valence-electron chi connectivity index (χ1n) is 5.18. The van der Waals surface area contributed by atoms with Crippen LogP contribution in [-0.4, -0.2) is 27.6 Å². The predicted octanol–water partition coefficient (Wildman–Crippen LogP) is 1.46. The van der Waals surface area contributed by atoms with Gasteiger partial charge in [-0.2, -0.15) is 0 Å². The molecule has 0 fully saturated rings. The number of hydrogen-bond donors (Lipinski definition) is 1. The van der Waals surface area contributed by atoms with Crippen LogP contribution in [0.1, 0.15) is 16.1 Å². The molecule has 0 amide bonds. The van der Waals surface area contributed by atoms with Crippen molar-refractivity contribution in [3.8, 4) is 0 Å². The minimum Gasteiger partial charge on any atom is -0.476 e. The first-order chi connectivity index (χ1) is 8.27. The molecule has 0 spiro atoms. The molecule has 0 saturated carbocycles. The van der Waals surface area contributed by atoms with Crippen molar-refractivity contribution < 1.29 is 9.90 Å². The second kappa shape index (κ2) is 3.55. The molecule has 5 nitrogen and oxygen atoms in total. The van der Waals surface area contributed by atoms with E-state index < -0.39 is 5.97 Å². The van der Waals surface area contributed by atoms with Crippen molar-refractivity contribution >= 4 is 17.9 Å². The monoisotopic (exact) mass is 227 g/mol. The van der Waals surface area contributed by atoms with Crippen LogP contribution in [0.15, 0.2) is 36.3 Å². The molecule has 3 rings (SSSR count). The van der Waals surface area contributed by atoms with Gasteiger partial charge in [-0.1, -0.05) is 12.2 Å². The highest BCUT2D eigenvalue weighted by Gasteiger charge is 2.24. The molecule has 0 atom stereocenters. The topological polar surface area (TPSA) is 66.3 Å². The molecular formula is C12H9N3O2. The zero-order chi connectivity index (χ0) is 11.8. The van der Waals surface area contributed by atoms with E-state index in [1.54, 1.807) is 6.08 Å². The lowest BCUT2D eigenvalue weighted by Crippen LogP contribution is -2.28. The van der Waals surface area contributed by atoms with Crippen LogP contribution in [0.4, 0.5) is 5.82 Å². The Morgan fingerprint density at radius 2 is 2.24 bits per heavy atom. The fourth-order valence-electron chi connectivity index (χ4n) is 1.98. The second-order valence-corrected chi connectivity index (χ2v) is 3.73. The minimum absolute atomic E-state index is 0.0415. The first-order valence-corrected chi connectivity index (χ1v) is 5.18. The summed E-state index contributed by atoms with van der Waals surface area (Å²) < 4.78 is 0. The number of hydrogen-bond acceptors (Lipinski definition) is 4. The van der Waals surface area contributed by atoms with Crippen molar-refractivity contribution in [3.05, 3.63) is 47.6 Å². The lowest BCUT2D eigenvalue weighted by molar-refractivity contribution is 0.0690. The molecule has 0 aliphatic carbocycles. The quantitative estimate of drug-likeness (QED) is 0.786. The van der Waals surface area contributed by atoms with Gasteiger partial charge in [-0.25, -0.2) is 14.8 Å². The Labute approximate surface area is 97.4 Å². The van der Waals surface area contributed by atoms with E-state index in [1.807, 2.05) is 29.2 Å². The number of anilines is 1. The van der Waals surface area contributed by atoms with Crippen molar-refractivity contribution in [1.29, 1.82) is 0 Å². The van der Waals surface area contributed by atoms with E-state index in [2.05, 4.69) is 9.97 Å². The van der Waals surface area contributed by atoms with Gasteiger partial charge in [0.2, 0.25) is 0 Å². The number of carboxylic acids is 1. The van der Waals surface area contributed by atoms with Crippen LogP contribution in [-0.2, 0) is 0 Å². The Balaban J connectivity index is 2.20. The van der Waals surface area contributed by atoms with Gasteiger partial charge in [0.15, 0.2) is 5.69 Å². The van der Waals surface area contributed by atoms with E-state index in [0.717, 1.165) is 5.70 Å². The van der Waals surface area contributed by atoms with Crippen LogP contribution in [0.3, 0.4) is 0 Å². The van der Waals surface area contributed by atoms with E-state index in [0.29, 0.717) is 17.9 Å². The number of aromatic nitrogens is 2. The summed E-state index contributed by atoms with van der Waals surface area (Å²) in [5.74, 6) is -0.385. The largest absolute Gasteiger partial charge is 0.476 e. The summed E-state index contributed by atoms with van der Waals surface area (Å²) in [6.45, 7) is 0.694. The number of fused-ring (bicyclic) bond motifs is 3. The smallest absolute Gasteiger partial charge is 0.355 e. The predicted molar refractivity (Wildman–Crippen MR) is 62.6 cm³/mol. The van der Waals surface area contributed by atoms with Crippen molar-refractivity contribution in [3.63, 3.8) is 0 Å². The number of carbonyl (C=O) groups is 1. The zero-order valence-electron chi connectivity index (χ0n) is 8.87. The fraction of sp³-hybridized carbons (Fsp3) is 0.0833. The maximum absolute atomic E-state index is 11.1.